The van der Waals surface area contributed by atoms with Crippen molar-refractivity contribution in [1.82, 2.24) is 5.32 Å². The van der Waals surface area contributed by atoms with Gasteiger partial charge in [-0.3, -0.25) is 4.79 Å². The van der Waals surface area contributed by atoms with Crippen LogP contribution in [0, 0.1) is 0 Å². The maximum atomic E-state index is 13.4. The van der Waals surface area contributed by atoms with E-state index in [0.29, 0.717) is 12.8 Å². The van der Waals surface area contributed by atoms with Gasteiger partial charge in [0.15, 0.2) is 12.6 Å². The summed E-state index contributed by atoms with van der Waals surface area (Å²) in [5.41, 5.74) is 0. The Labute approximate surface area is 575 Å². The lowest BCUT2D eigenvalue weighted by Crippen LogP contribution is -2.65. The molecule has 12 atom stereocenters. The lowest BCUT2D eigenvalue weighted by atomic mass is 9.97. The third-order valence-corrected chi connectivity index (χ3v) is 19.5. The van der Waals surface area contributed by atoms with Gasteiger partial charge >= 0.3 is 0 Å². The zero-order chi connectivity index (χ0) is 68.0. The molecule has 0 radical (unpaired) electrons. The van der Waals surface area contributed by atoms with Crippen LogP contribution in [0.2, 0.25) is 0 Å². The molecule has 0 bridgehead atoms. The van der Waals surface area contributed by atoms with Gasteiger partial charge in [0, 0.05) is 6.42 Å². The zero-order valence-corrected chi connectivity index (χ0v) is 60.5. The lowest BCUT2D eigenvalue weighted by molar-refractivity contribution is -0.359. The lowest BCUT2D eigenvalue weighted by Gasteiger charge is -2.46. The van der Waals surface area contributed by atoms with Crippen molar-refractivity contribution in [3.05, 3.63) is 48.6 Å². The number of aliphatic hydroxyl groups excluding tert-OH is 8. The number of rotatable bonds is 67. The minimum Gasteiger partial charge on any atom is -0.394 e. The van der Waals surface area contributed by atoms with Gasteiger partial charge in [0.25, 0.3) is 0 Å². The summed E-state index contributed by atoms with van der Waals surface area (Å²) in [6, 6.07) is -0.932. The Morgan fingerprint density at radius 3 is 1.11 bits per heavy atom. The maximum absolute atomic E-state index is 13.4. The summed E-state index contributed by atoms with van der Waals surface area (Å²) in [6.45, 7) is 2.82. The van der Waals surface area contributed by atoms with E-state index in [9.17, 15) is 45.6 Å². The Bertz CT molecular complexity index is 1760. The maximum Gasteiger partial charge on any atom is 0.220 e. The summed E-state index contributed by atoms with van der Waals surface area (Å²) < 4.78 is 22.9. The molecule has 0 aromatic carbocycles. The average molecular weight is 1330 g/mol. The van der Waals surface area contributed by atoms with E-state index < -0.39 is 86.8 Å². The number of hydrogen-bond donors (Lipinski definition) is 9. The highest BCUT2D eigenvalue weighted by atomic mass is 16.7. The van der Waals surface area contributed by atoms with Crippen LogP contribution in [0.3, 0.4) is 0 Å². The minimum atomic E-state index is -1.79. The second-order valence-electron chi connectivity index (χ2n) is 28.2. The Kier molecular flexibility index (Phi) is 60.3. The summed E-state index contributed by atoms with van der Waals surface area (Å²) in [5.74, 6) is -0.242. The molecule has 0 spiro atoms. The molecular weight excluding hydrogens is 1180 g/mol. The van der Waals surface area contributed by atoms with Crippen molar-refractivity contribution < 1.29 is 64.6 Å². The van der Waals surface area contributed by atoms with Crippen LogP contribution in [0.15, 0.2) is 48.6 Å². The van der Waals surface area contributed by atoms with Crippen molar-refractivity contribution in [2.75, 3.05) is 19.8 Å². The highest BCUT2D eigenvalue weighted by molar-refractivity contribution is 5.76. The molecule has 0 saturated carbocycles. The molecule has 9 N–H and O–H groups in total. The van der Waals surface area contributed by atoms with Gasteiger partial charge in [0.1, 0.15) is 48.8 Å². The van der Waals surface area contributed by atoms with Gasteiger partial charge in [-0.1, -0.05) is 339 Å². The van der Waals surface area contributed by atoms with E-state index in [2.05, 4.69) is 55.6 Å². The monoisotopic (exact) mass is 1330 g/mol. The second-order valence-corrected chi connectivity index (χ2v) is 28.2. The van der Waals surface area contributed by atoms with Gasteiger partial charge in [-0.05, 0) is 64.2 Å². The van der Waals surface area contributed by atoms with Crippen molar-refractivity contribution in [2.24, 2.45) is 0 Å². The molecule has 2 heterocycles. The third kappa shape index (κ3) is 47.1. The SMILES string of the molecule is CCCCCCC/C=C\C/C=C\CCCCCCCCCCCCCCCCCCCCCCCCCCCCCC(=O)NC(COC1OC(CO)C(OC2OC(CO)C(O)C(O)C2O)C(O)C1O)C(O)/C=C/CC/C=C/CCCCCCCCCCCCCCCCC. The highest BCUT2D eigenvalue weighted by Gasteiger charge is 2.51. The third-order valence-electron chi connectivity index (χ3n) is 19.5. The van der Waals surface area contributed by atoms with Crippen molar-refractivity contribution in [1.29, 1.82) is 0 Å². The summed E-state index contributed by atoms with van der Waals surface area (Å²) >= 11 is 0. The quantitative estimate of drug-likeness (QED) is 0.0204. The fraction of sp³-hybridized carbons (Fsp3) is 0.887. The first-order chi connectivity index (χ1) is 46.1. The number of carbonyl (C=O) groups is 1. The van der Waals surface area contributed by atoms with E-state index in [4.69, 9.17) is 18.9 Å². The van der Waals surface area contributed by atoms with E-state index in [0.717, 1.165) is 38.5 Å². The molecule has 0 aromatic rings. The zero-order valence-electron chi connectivity index (χ0n) is 60.5. The number of carbonyl (C=O) groups excluding carboxylic acids is 1. The van der Waals surface area contributed by atoms with Crippen LogP contribution < -0.4 is 5.32 Å². The highest BCUT2D eigenvalue weighted by Crippen LogP contribution is 2.30. The molecular formula is C80H149NO13. The predicted molar refractivity (Wildman–Crippen MR) is 388 cm³/mol. The topological polar surface area (TPSA) is 228 Å². The molecule has 14 nitrogen and oxygen atoms in total. The average Bonchev–Trinajstić information content (AvgIpc) is 0.794. The van der Waals surface area contributed by atoms with E-state index in [-0.39, 0.29) is 18.9 Å². The van der Waals surface area contributed by atoms with Crippen LogP contribution in [-0.4, -0.2) is 140 Å². The second kappa shape index (κ2) is 64.3. The van der Waals surface area contributed by atoms with Crippen molar-refractivity contribution in [3.63, 3.8) is 0 Å². The molecule has 12 unspecified atom stereocenters. The van der Waals surface area contributed by atoms with Gasteiger partial charge in [-0.2, -0.15) is 0 Å². The summed E-state index contributed by atoms with van der Waals surface area (Å²) in [5, 5.41) is 87.5. The van der Waals surface area contributed by atoms with E-state index >= 15 is 0 Å². The summed E-state index contributed by atoms with van der Waals surface area (Å²) in [6.07, 6.45) is 69.2. The first kappa shape index (κ1) is 88.0. The Morgan fingerprint density at radius 2 is 0.713 bits per heavy atom. The molecule has 1 amide bonds. The molecule has 0 aromatic heterocycles. The molecule has 552 valence electrons. The number of hydrogen-bond acceptors (Lipinski definition) is 13. The number of ether oxygens (including phenoxy) is 4. The van der Waals surface area contributed by atoms with Gasteiger partial charge in [0.05, 0.1) is 32.0 Å². The fourth-order valence-electron chi connectivity index (χ4n) is 13.2. The molecule has 2 saturated heterocycles. The van der Waals surface area contributed by atoms with Crippen LogP contribution in [0.4, 0.5) is 0 Å². The number of allylic oxidation sites excluding steroid dienone is 7. The normalized spacial score (nSPS) is 22.7. The number of amides is 1. The molecule has 0 aliphatic carbocycles. The first-order valence-corrected chi connectivity index (χ1v) is 39.9. The van der Waals surface area contributed by atoms with Gasteiger partial charge in [-0.25, -0.2) is 0 Å². The van der Waals surface area contributed by atoms with Crippen molar-refractivity contribution in [3.8, 4) is 0 Å². The first-order valence-electron chi connectivity index (χ1n) is 39.9. The van der Waals surface area contributed by atoms with E-state index in [1.54, 1.807) is 6.08 Å². The van der Waals surface area contributed by atoms with Gasteiger partial charge < -0.3 is 65.1 Å². The molecule has 14 heteroatoms. The molecule has 2 aliphatic heterocycles. The van der Waals surface area contributed by atoms with Crippen LogP contribution in [0.5, 0.6) is 0 Å². The van der Waals surface area contributed by atoms with Crippen LogP contribution >= 0.6 is 0 Å². The largest absolute Gasteiger partial charge is 0.394 e. The Balaban J connectivity index is 1.58. The minimum absolute atomic E-state index is 0.242. The summed E-state index contributed by atoms with van der Waals surface area (Å²) in [7, 11) is 0. The number of unbranched alkanes of at least 4 members (excludes halogenated alkanes) is 48. The van der Waals surface area contributed by atoms with Crippen molar-refractivity contribution in [2.45, 2.75) is 434 Å². The predicted octanol–water partition coefficient (Wildman–Crippen LogP) is 17.8. The van der Waals surface area contributed by atoms with Crippen LogP contribution in [0.25, 0.3) is 0 Å². The Morgan fingerprint density at radius 1 is 0.383 bits per heavy atom. The van der Waals surface area contributed by atoms with Gasteiger partial charge in [0.2, 0.25) is 5.91 Å². The Hall–Kier alpha value is -2.05. The smallest absolute Gasteiger partial charge is 0.220 e. The molecule has 94 heavy (non-hydrogen) atoms. The number of nitrogens with one attached hydrogen (secondary N) is 1. The van der Waals surface area contributed by atoms with Crippen molar-refractivity contribution >= 4 is 5.91 Å². The standard InChI is InChI=1S/C80H149NO13/c1-3-5-7-9-11-13-15-17-19-21-23-25-26-27-28-29-30-31-32-33-34-35-36-37-38-39-40-41-42-44-46-48-50-52-54-56-58-60-62-64-72(85)81-68(69(84)63-61-59-57-55-53-51-49-47-45-43-24-22-20-18-16-14-12-10-8-6-4-2)67-91-79-77(90)75(88)78(71(66-83)93-79)94-80-76(89)74(87)73(86)70(65-82)92-80/h15,17,21,23,53,55,61,63,68-71,73-80,82-84,86-90H,3-14,16,18-20,22,24-52,54,56-60,62,64-67H2,1-2H3,(H,81,85)/b17-15-,23-21-,55-53+,63-61+. The molecule has 2 rings (SSSR count). The molecule has 2 aliphatic rings. The van der Waals surface area contributed by atoms with Crippen LogP contribution in [-0.2, 0) is 23.7 Å². The van der Waals surface area contributed by atoms with Crippen LogP contribution in [0.1, 0.15) is 361 Å². The number of aliphatic hydroxyl groups is 8. The summed E-state index contributed by atoms with van der Waals surface area (Å²) in [4.78, 5) is 13.4. The van der Waals surface area contributed by atoms with Gasteiger partial charge in [-0.15, -0.1) is 0 Å². The van der Waals surface area contributed by atoms with E-state index in [1.165, 1.54) is 289 Å². The molecule has 2 fully saturated rings. The van der Waals surface area contributed by atoms with E-state index in [1.807, 2.05) is 6.08 Å². The fourth-order valence-corrected chi connectivity index (χ4v) is 13.2.